The number of hydrogen-bond acceptors (Lipinski definition) is 3. The number of halogens is 1. The van der Waals surface area contributed by atoms with Crippen LogP contribution in [0.25, 0.3) is 0 Å². The highest BCUT2D eigenvalue weighted by Crippen LogP contribution is 2.16. The molecular formula is C15H21ClN2O3. The van der Waals surface area contributed by atoms with Gasteiger partial charge in [0.25, 0.3) is 0 Å². The third-order valence-electron chi connectivity index (χ3n) is 2.79. The molecule has 0 aliphatic carbocycles. The average Bonchev–Trinajstić information content (AvgIpc) is 2.49. The van der Waals surface area contributed by atoms with Gasteiger partial charge >= 0.3 is 0 Å². The van der Waals surface area contributed by atoms with Crippen molar-refractivity contribution in [2.45, 2.75) is 19.8 Å². The summed E-state index contributed by atoms with van der Waals surface area (Å²) in [6.07, 6.45) is 1.05. The van der Waals surface area contributed by atoms with Crippen LogP contribution in [0.1, 0.15) is 18.4 Å². The molecular weight excluding hydrogens is 292 g/mol. The molecule has 5 nitrogen and oxygen atoms in total. The molecule has 0 aliphatic rings. The zero-order valence-corrected chi connectivity index (χ0v) is 12.9. The molecule has 0 spiro atoms. The Morgan fingerprint density at radius 2 is 1.81 bits per heavy atom. The molecule has 116 valence electrons. The second kappa shape index (κ2) is 10.0. The first-order chi connectivity index (χ1) is 10.1. The van der Waals surface area contributed by atoms with Gasteiger partial charge in [0.05, 0.1) is 6.61 Å². The maximum Gasteiger partial charge on any atom is 0.234 e. The lowest BCUT2D eigenvalue weighted by Gasteiger charge is -2.09. The van der Waals surface area contributed by atoms with Crippen molar-refractivity contribution in [2.24, 2.45) is 0 Å². The largest absolute Gasteiger partial charge is 0.493 e. The molecule has 0 aliphatic heterocycles. The predicted molar refractivity (Wildman–Crippen MR) is 82.6 cm³/mol. The van der Waals surface area contributed by atoms with Crippen molar-refractivity contribution < 1.29 is 14.3 Å². The summed E-state index contributed by atoms with van der Waals surface area (Å²) < 4.78 is 5.61. The predicted octanol–water partition coefficient (Wildman–Crippen LogP) is 1.63. The number of hydrogen-bond donors (Lipinski definition) is 2. The average molecular weight is 313 g/mol. The Kier molecular flexibility index (Phi) is 8.28. The van der Waals surface area contributed by atoms with Gasteiger partial charge in [-0.25, -0.2) is 0 Å². The molecule has 0 atom stereocenters. The molecule has 21 heavy (non-hydrogen) atoms. The monoisotopic (exact) mass is 312 g/mol. The number of ether oxygens (including phenoxy) is 1. The number of carbonyl (C=O) groups is 2. The van der Waals surface area contributed by atoms with Gasteiger partial charge < -0.3 is 15.4 Å². The van der Waals surface area contributed by atoms with Crippen LogP contribution in [0.4, 0.5) is 0 Å². The van der Waals surface area contributed by atoms with Crippen LogP contribution in [0.5, 0.6) is 5.75 Å². The van der Waals surface area contributed by atoms with Crippen molar-refractivity contribution in [3.63, 3.8) is 0 Å². The van der Waals surface area contributed by atoms with Crippen molar-refractivity contribution in [3.05, 3.63) is 29.8 Å². The van der Waals surface area contributed by atoms with Crippen molar-refractivity contribution in [1.82, 2.24) is 10.6 Å². The van der Waals surface area contributed by atoms with Crippen LogP contribution in [0.3, 0.4) is 0 Å². The molecule has 0 fully saturated rings. The van der Waals surface area contributed by atoms with Crippen LogP contribution < -0.4 is 15.4 Å². The summed E-state index contributed by atoms with van der Waals surface area (Å²) in [7, 11) is 0. The van der Waals surface area contributed by atoms with E-state index in [9.17, 15) is 9.59 Å². The normalized spacial score (nSPS) is 10.0. The van der Waals surface area contributed by atoms with E-state index in [1.165, 1.54) is 0 Å². The van der Waals surface area contributed by atoms with Gasteiger partial charge in [0, 0.05) is 19.5 Å². The summed E-state index contributed by atoms with van der Waals surface area (Å²) in [5.41, 5.74) is 1.08. The number of amides is 2. The Balaban J connectivity index is 2.06. The van der Waals surface area contributed by atoms with E-state index in [0.717, 1.165) is 11.3 Å². The molecule has 0 unspecified atom stereocenters. The Morgan fingerprint density at radius 3 is 2.48 bits per heavy atom. The van der Waals surface area contributed by atoms with Gasteiger partial charge in [-0.1, -0.05) is 18.2 Å². The number of carbonyl (C=O) groups excluding carboxylic acids is 2. The van der Waals surface area contributed by atoms with E-state index >= 15 is 0 Å². The molecule has 0 aromatic heterocycles. The molecule has 0 radical (unpaired) electrons. The fourth-order valence-electron chi connectivity index (χ4n) is 1.67. The lowest BCUT2D eigenvalue weighted by Crippen LogP contribution is -2.35. The third kappa shape index (κ3) is 7.56. The number of benzene rings is 1. The van der Waals surface area contributed by atoms with Crippen LogP contribution in [-0.2, 0) is 9.59 Å². The highest BCUT2D eigenvalue weighted by atomic mass is 35.5. The minimum Gasteiger partial charge on any atom is -0.493 e. The van der Waals surface area contributed by atoms with Gasteiger partial charge in [-0.05, 0) is 25.0 Å². The Labute approximate surface area is 130 Å². The van der Waals surface area contributed by atoms with Crippen molar-refractivity contribution in [1.29, 1.82) is 0 Å². The SMILES string of the molecule is Cc1ccccc1OCCCC(=O)NCCNC(=O)CCl. The standard InChI is InChI=1S/C15H21ClN2O3/c1-12-5-2-3-6-13(12)21-10-4-7-14(19)17-8-9-18-15(20)11-16/h2-3,5-6H,4,7-11H2,1H3,(H,17,19)(H,18,20). The highest BCUT2D eigenvalue weighted by molar-refractivity contribution is 6.27. The Morgan fingerprint density at radius 1 is 1.14 bits per heavy atom. The topological polar surface area (TPSA) is 67.4 Å². The minimum atomic E-state index is -0.238. The van der Waals surface area contributed by atoms with Crippen molar-refractivity contribution in [2.75, 3.05) is 25.6 Å². The number of rotatable bonds is 9. The van der Waals surface area contributed by atoms with Gasteiger partial charge in [0.2, 0.25) is 11.8 Å². The minimum absolute atomic E-state index is 0.0523. The second-order valence-corrected chi connectivity index (χ2v) is 4.82. The van der Waals surface area contributed by atoms with E-state index in [-0.39, 0.29) is 17.7 Å². The summed E-state index contributed by atoms with van der Waals surface area (Å²) in [4.78, 5) is 22.4. The summed E-state index contributed by atoms with van der Waals surface area (Å²) in [6, 6.07) is 7.77. The number of para-hydroxylation sites is 1. The number of nitrogens with one attached hydrogen (secondary N) is 2. The molecule has 0 heterocycles. The van der Waals surface area contributed by atoms with Crippen LogP contribution in [-0.4, -0.2) is 37.4 Å². The number of alkyl halides is 1. The highest BCUT2D eigenvalue weighted by Gasteiger charge is 2.03. The summed E-state index contributed by atoms with van der Waals surface area (Å²) in [5, 5.41) is 5.29. The van der Waals surface area contributed by atoms with Crippen LogP contribution in [0.2, 0.25) is 0 Å². The Bertz CT molecular complexity index is 466. The summed E-state index contributed by atoms with van der Waals surface area (Å²) in [6.45, 7) is 3.27. The second-order valence-electron chi connectivity index (χ2n) is 4.55. The van der Waals surface area contributed by atoms with E-state index in [1.807, 2.05) is 31.2 Å². The van der Waals surface area contributed by atoms with Crippen molar-refractivity contribution >= 4 is 23.4 Å². The first kappa shape index (κ1) is 17.3. The quantitative estimate of drug-likeness (QED) is 0.538. The molecule has 1 aromatic carbocycles. The Hall–Kier alpha value is -1.75. The molecule has 2 amide bonds. The van der Waals surface area contributed by atoms with Crippen LogP contribution in [0, 0.1) is 6.92 Å². The fraction of sp³-hybridized carbons (Fsp3) is 0.467. The first-order valence-electron chi connectivity index (χ1n) is 6.91. The number of aryl methyl sites for hydroxylation is 1. The summed E-state index contributed by atoms with van der Waals surface area (Å²) in [5.74, 6) is 0.493. The third-order valence-corrected chi connectivity index (χ3v) is 3.03. The first-order valence-corrected chi connectivity index (χ1v) is 7.44. The molecule has 6 heteroatoms. The van der Waals surface area contributed by atoms with Gasteiger partial charge in [-0.2, -0.15) is 0 Å². The fourth-order valence-corrected chi connectivity index (χ4v) is 1.77. The van der Waals surface area contributed by atoms with E-state index in [0.29, 0.717) is 32.5 Å². The molecule has 0 saturated carbocycles. The maximum absolute atomic E-state index is 11.5. The molecule has 0 bridgehead atoms. The van der Waals surface area contributed by atoms with Crippen LogP contribution in [0.15, 0.2) is 24.3 Å². The smallest absolute Gasteiger partial charge is 0.234 e. The van der Waals surface area contributed by atoms with E-state index < -0.39 is 0 Å². The molecule has 1 aromatic rings. The van der Waals surface area contributed by atoms with E-state index in [1.54, 1.807) is 0 Å². The van der Waals surface area contributed by atoms with Gasteiger partial charge in [0.1, 0.15) is 11.6 Å². The molecule has 2 N–H and O–H groups in total. The lowest BCUT2D eigenvalue weighted by atomic mass is 10.2. The zero-order chi connectivity index (χ0) is 15.5. The zero-order valence-electron chi connectivity index (χ0n) is 12.2. The van der Waals surface area contributed by atoms with Gasteiger partial charge in [-0.15, -0.1) is 11.6 Å². The van der Waals surface area contributed by atoms with E-state index in [2.05, 4.69) is 10.6 Å². The maximum atomic E-state index is 11.5. The lowest BCUT2D eigenvalue weighted by molar-refractivity contribution is -0.122. The van der Waals surface area contributed by atoms with E-state index in [4.69, 9.17) is 16.3 Å². The van der Waals surface area contributed by atoms with Gasteiger partial charge in [0.15, 0.2) is 0 Å². The summed E-state index contributed by atoms with van der Waals surface area (Å²) >= 11 is 5.33. The van der Waals surface area contributed by atoms with Crippen molar-refractivity contribution in [3.8, 4) is 5.75 Å². The van der Waals surface area contributed by atoms with Crippen LogP contribution >= 0.6 is 11.6 Å². The molecule has 1 rings (SSSR count). The molecule has 0 saturated heterocycles. The van der Waals surface area contributed by atoms with Gasteiger partial charge in [-0.3, -0.25) is 9.59 Å².